The fraction of sp³-hybridized carbons (Fsp3) is 0.267. The number of pyridine rings is 1. The number of aromatic carboxylic acids is 1. The summed E-state index contributed by atoms with van der Waals surface area (Å²) in [6.07, 6.45) is -0.126. The summed E-state index contributed by atoms with van der Waals surface area (Å²) < 4.78 is 10.8. The van der Waals surface area contributed by atoms with Crippen LogP contribution in [-0.4, -0.2) is 28.1 Å². The molecular formula is C15H15N3O5. The van der Waals surface area contributed by atoms with Crippen molar-refractivity contribution >= 4 is 23.5 Å². The lowest BCUT2D eigenvalue weighted by Gasteiger charge is -2.32. The van der Waals surface area contributed by atoms with E-state index in [0.717, 1.165) is 0 Å². The first kappa shape index (κ1) is 14.9. The molecule has 0 saturated carbocycles. The summed E-state index contributed by atoms with van der Waals surface area (Å²) >= 11 is 0. The molecule has 8 nitrogen and oxygen atoms in total. The van der Waals surface area contributed by atoms with Crippen LogP contribution in [0.25, 0.3) is 0 Å². The van der Waals surface area contributed by atoms with Gasteiger partial charge in [-0.05, 0) is 30.7 Å². The van der Waals surface area contributed by atoms with Gasteiger partial charge in [0.1, 0.15) is 11.6 Å². The first-order valence-corrected chi connectivity index (χ1v) is 7.06. The molecular weight excluding hydrogens is 302 g/mol. The van der Waals surface area contributed by atoms with Gasteiger partial charge in [0, 0.05) is 0 Å². The number of hydrogen-bond donors (Lipinski definition) is 2. The number of nitrogens with zero attached hydrogens (tertiary/aromatic N) is 2. The van der Waals surface area contributed by atoms with Gasteiger partial charge in [-0.25, -0.2) is 9.78 Å². The maximum absolute atomic E-state index is 12.5. The maximum Gasteiger partial charge on any atom is 0.371 e. The van der Waals surface area contributed by atoms with Crippen LogP contribution in [0.4, 0.5) is 11.6 Å². The number of carbonyl (C=O) groups excluding carboxylic acids is 1. The molecule has 3 rings (SSSR count). The van der Waals surface area contributed by atoms with Crippen LogP contribution in [0.5, 0.6) is 5.75 Å². The second kappa shape index (κ2) is 5.64. The molecule has 1 amide bonds. The molecule has 0 saturated heterocycles. The number of fused-ring (bicyclic) bond motifs is 1. The minimum Gasteiger partial charge on any atom is -0.477 e. The van der Waals surface area contributed by atoms with E-state index in [1.54, 1.807) is 12.1 Å². The molecule has 0 spiro atoms. The van der Waals surface area contributed by atoms with E-state index in [9.17, 15) is 9.59 Å². The van der Waals surface area contributed by atoms with Crippen LogP contribution in [0.15, 0.2) is 28.7 Å². The van der Waals surface area contributed by atoms with Gasteiger partial charge in [-0.1, -0.05) is 6.92 Å². The van der Waals surface area contributed by atoms with Crippen LogP contribution < -0.4 is 15.4 Å². The molecule has 23 heavy (non-hydrogen) atoms. The molecule has 8 heteroatoms. The summed E-state index contributed by atoms with van der Waals surface area (Å²) in [6, 6.07) is 6.10. The van der Waals surface area contributed by atoms with Crippen LogP contribution in [0, 0.1) is 0 Å². The molecule has 0 aromatic carbocycles. The number of ether oxygens (including phenoxy) is 1. The second-order valence-corrected chi connectivity index (χ2v) is 5.07. The molecule has 0 fully saturated rings. The van der Waals surface area contributed by atoms with Crippen LogP contribution in [0.2, 0.25) is 0 Å². The molecule has 2 aromatic rings. The Morgan fingerprint density at radius 3 is 2.83 bits per heavy atom. The third kappa shape index (κ3) is 2.70. The van der Waals surface area contributed by atoms with E-state index < -0.39 is 12.1 Å². The van der Waals surface area contributed by atoms with Gasteiger partial charge in [-0.3, -0.25) is 9.69 Å². The maximum atomic E-state index is 12.5. The predicted molar refractivity (Wildman–Crippen MR) is 80.2 cm³/mol. The zero-order chi connectivity index (χ0) is 16.6. The first-order chi connectivity index (χ1) is 11.0. The van der Waals surface area contributed by atoms with Gasteiger partial charge in [0.05, 0.1) is 6.54 Å². The largest absolute Gasteiger partial charge is 0.477 e. The van der Waals surface area contributed by atoms with Crippen LogP contribution in [0.1, 0.15) is 29.7 Å². The normalized spacial score (nSPS) is 16.8. The van der Waals surface area contributed by atoms with Crippen molar-refractivity contribution in [1.82, 2.24) is 4.98 Å². The quantitative estimate of drug-likeness (QED) is 0.880. The van der Waals surface area contributed by atoms with Gasteiger partial charge >= 0.3 is 5.97 Å². The van der Waals surface area contributed by atoms with Crippen molar-refractivity contribution in [3.8, 4) is 5.75 Å². The van der Waals surface area contributed by atoms with E-state index in [4.69, 9.17) is 20.0 Å². The Labute approximate surface area is 131 Å². The highest BCUT2D eigenvalue weighted by Gasteiger charge is 2.35. The van der Waals surface area contributed by atoms with Crippen molar-refractivity contribution in [2.24, 2.45) is 0 Å². The predicted octanol–water partition coefficient (Wildman–Crippen LogP) is 1.66. The topological polar surface area (TPSA) is 119 Å². The zero-order valence-electron chi connectivity index (χ0n) is 12.4. The van der Waals surface area contributed by atoms with E-state index >= 15 is 0 Å². The van der Waals surface area contributed by atoms with Crippen molar-refractivity contribution in [2.45, 2.75) is 26.0 Å². The van der Waals surface area contributed by atoms with E-state index in [0.29, 0.717) is 23.7 Å². The number of carboxylic acids is 1. The molecule has 3 heterocycles. The number of rotatable bonds is 4. The summed E-state index contributed by atoms with van der Waals surface area (Å²) in [6.45, 7) is 1.89. The molecule has 0 aliphatic carbocycles. The number of amides is 1. The van der Waals surface area contributed by atoms with Gasteiger partial charge in [0.2, 0.25) is 5.76 Å². The minimum atomic E-state index is -1.17. The summed E-state index contributed by atoms with van der Waals surface area (Å²) in [5, 5.41) is 8.91. The van der Waals surface area contributed by atoms with E-state index in [-0.39, 0.29) is 24.0 Å². The summed E-state index contributed by atoms with van der Waals surface area (Å²) in [7, 11) is 0. The van der Waals surface area contributed by atoms with Gasteiger partial charge in [-0.15, -0.1) is 0 Å². The number of carboxylic acid groups (broad SMARTS) is 1. The number of hydrogen-bond acceptors (Lipinski definition) is 6. The van der Waals surface area contributed by atoms with Crippen LogP contribution in [0.3, 0.4) is 0 Å². The number of nitrogen functional groups attached to an aromatic ring is 1. The van der Waals surface area contributed by atoms with Gasteiger partial charge in [0.25, 0.3) is 5.91 Å². The molecule has 0 radical (unpaired) electrons. The molecule has 1 aliphatic heterocycles. The Hall–Kier alpha value is -3.03. The minimum absolute atomic E-state index is 0.0510. The summed E-state index contributed by atoms with van der Waals surface area (Å²) in [5.41, 5.74) is 5.69. The molecule has 1 atom stereocenters. The van der Waals surface area contributed by atoms with Crippen molar-refractivity contribution in [2.75, 3.05) is 10.6 Å². The Bertz CT molecular complexity index is 770. The highest BCUT2D eigenvalue weighted by Crippen LogP contribution is 2.34. The summed E-state index contributed by atoms with van der Waals surface area (Å²) in [5.74, 6) is -0.282. The third-order valence-electron chi connectivity index (χ3n) is 3.48. The van der Waals surface area contributed by atoms with Crippen LogP contribution >= 0.6 is 0 Å². The SMILES string of the molecule is CCC1Oc2ccc(N)nc2N(Cc2ccc(C(=O)O)o2)C1=O. The highest BCUT2D eigenvalue weighted by molar-refractivity contribution is 5.99. The molecule has 120 valence electrons. The average molecular weight is 317 g/mol. The summed E-state index contributed by atoms with van der Waals surface area (Å²) in [4.78, 5) is 29.0. The smallest absolute Gasteiger partial charge is 0.371 e. The van der Waals surface area contributed by atoms with Gasteiger partial charge in [0.15, 0.2) is 17.7 Å². The fourth-order valence-electron chi connectivity index (χ4n) is 2.36. The van der Waals surface area contributed by atoms with Crippen molar-refractivity contribution in [3.05, 3.63) is 35.8 Å². The zero-order valence-corrected chi connectivity index (χ0v) is 12.4. The Kier molecular flexibility index (Phi) is 3.65. The first-order valence-electron chi connectivity index (χ1n) is 7.06. The Balaban J connectivity index is 1.96. The third-order valence-corrected chi connectivity index (χ3v) is 3.48. The van der Waals surface area contributed by atoms with Gasteiger partial charge < -0.3 is 20.0 Å². The number of aromatic nitrogens is 1. The van der Waals surface area contributed by atoms with E-state index in [2.05, 4.69) is 4.98 Å². The lowest BCUT2D eigenvalue weighted by molar-refractivity contribution is -0.126. The van der Waals surface area contributed by atoms with E-state index in [1.165, 1.54) is 17.0 Å². The molecule has 1 aliphatic rings. The van der Waals surface area contributed by atoms with Crippen molar-refractivity contribution < 1.29 is 23.8 Å². The van der Waals surface area contributed by atoms with Crippen molar-refractivity contribution in [1.29, 1.82) is 0 Å². The lowest BCUT2D eigenvalue weighted by atomic mass is 10.2. The standard InChI is InChI=1S/C15H15N3O5/c1-2-9-14(19)18(7-8-3-4-11(22-8)15(20)21)13-10(23-9)5-6-12(16)17-13/h3-6,9H,2,7H2,1H3,(H2,16,17)(H,20,21). The fourth-order valence-corrected chi connectivity index (χ4v) is 2.36. The molecule has 2 aromatic heterocycles. The molecule has 1 unspecified atom stereocenters. The lowest BCUT2D eigenvalue weighted by Crippen LogP contribution is -2.45. The Morgan fingerprint density at radius 2 is 2.17 bits per heavy atom. The van der Waals surface area contributed by atoms with Crippen molar-refractivity contribution in [3.63, 3.8) is 0 Å². The Morgan fingerprint density at radius 1 is 1.39 bits per heavy atom. The highest BCUT2D eigenvalue weighted by atomic mass is 16.5. The number of furan rings is 1. The number of anilines is 2. The number of carbonyl (C=O) groups is 2. The van der Waals surface area contributed by atoms with Crippen LogP contribution in [-0.2, 0) is 11.3 Å². The molecule has 3 N–H and O–H groups in total. The van der Waals surface area contributed by atoms with E-state index in [1.807, 2.05) is 6.92 Å². The monoisotopic (exact) mass is 317 g/mol. The van der Waals surface area contributed by atoms with Gasteiger partial charge in [-0.2, -0.15) is 0 Å². The number of nitrogens with two attached hydrogens (primary N) is 1. The molecule has 0 bridgehead atoms. The second-order valence-electron chi connectivity index (χ2n) is 5.07. The average Bonchev–Trinajstić information content (AvgIpc) is 2.99.